The van der Waals surface area contributed by atoms with E-state index in [9.17, 15) is 4.39 Å². The van der Waals surface area contributed by atoms with Crippen LogP contribution in [0.5, 0.6) is 0 Å². The summed E-state index contributed by atoms with van der Waals surface area (Å²) in [6, 6.07) is 2.16. The fourth-order valence-corrected chi connectivity index (χ4v) is 3.71. The van der Waals surface area contributed by atoms with Crippen molar-refractivity contribution in [2.24, 2.45) is 11.8 Å². The molecule has 1 aromatic rings. The predicted molar refractivity (Wildman–Crippen MR) is 81.2 cm³/mol. The Balaban J connectivity index is 2.26. The summed E-state index contributed by atoms with van der Waals surface area (Å²) in [5.74, 6) is 1.07. The molecule has 20 heavy (non-hydrogen) atoms. The zero-order chi connectivity index (χ0) is 14.8. The van der Waals surface area contributed by atoms with Crippen molar-refractivity contribution in [1.29, 1.82) is 0 Å². The monoisotopic (exact) mass is 278 g/mol. The van der Waals surface area contributed by atoms with Gasteiger partial charge in [0.1, 0.15) is 5.82 Å². The average Bonchev–Trinajstić information content (AvgIpc) is 2.39. The number of rotatable bonds is 4. The zero-order valence-electron chi connectivity index (χ0n) is 13.1. The topological polar surface area (TPSA) is 24.9 Å². The van der Waals surface area contributed by atoms with Gasteiger partial charge >= 0.3 is 0 Å². The van der Waals surface area contributed by atoms with E-state index in [1.165, 1.54) is 25.5 Å². The predicted octanol–water partition coefficient (Wildman–Crippen LogP) is 3.91. The van der Waals surface area contributed by atoms with Crippen molar-refractivity contribution in [3.8, 4) is 0 Å². The average molecular weight is 278 g/mol. The number of aromatic nitrogens is 1. The van der Waals surface area contributed by atoms with E-state index in [1.54, 1.807) is 6.07 Å². The smallest absolute Gasteiger partial charge is 0.141 e. The van der Waals surface area contributed by atoms with E-state index in [1.807, 2.05) is 6.20 Å². The SMILES string of the molecule is CCNC1CC(C)CCC1C(C)(C)c1cncc(F)c1. The highest BCUT2D eigenvalue weighted by Gasteiger charge is 2.39. The van der Waals surface area contributed by atoms with Gasteiger partial charge in [0.05, 0.1) is 6.20 Å². The van der Waals surface area contributed by atoms with Gasteiger partial charge < -0.3 is 5.32 Å². The lowest BCUT2D eigenvalue weighted by molar-refractivity contribution is 0.146. The molecule has 2 nitrogen and oxygen atoms in total. The first kappa shape index (κ1) is 15.4. The molecule has 0 spiro atoms. The number of pyridine rings is 1. The van der Waals surface area contributed by atoms with E-state index in [0.29, 0.717) is 12.0 Å². The Kier molecular flexibility index (Phi) is 4.79. The van der Waals surface area contributed by atoms with Crippen molar-refractivity contribution in [1.82, 2.24) is 10.3 Å². The minimum absolute atomic E-state index is 0.0535. The number of hydrogen-bond donors (Lipinski definition) is 1. The highest BCUT2D eigenvalue weighted by molar-refractivity contribution is 5.23. The van der Waals surface area contributed by atoms with E-state index in [2.05, 4.69) is 38.0 Å². The number of halogens is 1. The molecule has 0 radical (unpaired) electrons. The molecule has 3 heteroatoms. The molecule has 0 amide bonds. The molecule has 112 valence electrons. The summed E-state index contributed by atoms with van der Waals surface area (Å²) in [7, 11) is 0. The zero-order valence-corrected chi connectivity index (χ0v) is 13.1. The van der Waals surface area contributed by atoms with Gasteiger partial charge in [-0.25, -0.2) is 4.39 Å². The summed E-state index contributed by atoms with van der Waals surface area (Å²) in [6.45, 7) is 9.94. The van der Waals surface area contributed by atoms with Crippen LogP contribution < -0.4 is 5.32 Å². The van der Waals surface area contributed by atoms with E-state index >= 15 is 0 Å². The van der Waals surface area contributed by atoms with Crippen molar-refractivity contribution in [2.75, 3.05) is 6.54 Å². The second-order valence-corrected chi connectivity index (χ2v) is 6.80. The van der Waals surface area contributed by atoms with Crippen molar-refractivity contribution in [3.05, 3.63) is 29.8 Å². The molecule has 0 aromatic carbocycles. The van der Waals surface area contributed by atoms with Crippen LogP contribution in [0.1, 0.15) is 52.5 Å². The van der Waals surface area contributed by atoms with Gasteiger partial charge in [0, 0.05) is 12.2 Å². The molecule has 3 atom stereocenters. The molecule has 0 aliphatic heterocycles. The van der Waals surface area contributed by atoms with Crippen molar-refractivity contribution in [2.45, 2.75) is 58.4 Å². The first-order valence-electron chi connectivity index (χ1n) is 7.79. The van der Waals surface area contributed by atoms with Crippen LogP contribution in [0.3, 0.4) is 0 Å². The Hall–Kier alpha value is -0.960. The van der Waals surface area contributed by atoms with Crippen LogP contribution in [0.4, 0.5) is 4.39 Å². The molecule has 1 aliphatic carbocycles. The summed E-state index contributed by atoms with van der Waals surface area (Å²) >= 11 is 0. The minimum atomic E-state index is -0.236. The maximum absolute atomic E-state index is 13.5. The molecule has 1 heterocycles. The third-order valence-corrected chi connectivity index (χ3v) is 4.95. The van der Waals surface area contributed by atoms with Crippen LogP contribution in [-0.2, 0) is 5.41 Å². The molecule has 0 saturated heterocycles. The van der Waals surface area contributed by atoms with Crippen LogP contribution in [0.2, 0.25) is 0 Å². The number of nitrogens with zero attached hydrogens (tertiary/aromatic N) is 1. The van der Waals surface area contributed by atoms with Crippen molar-refractivity contribution < 1.29 is 4.39 Å². The molecule has 1 fully saturated rings. The third-order valence-electron chi connectivity index (χ3n) is 4.95. The second-order valence-electron chi connectivity index (χ2n) is 6.80. The highest BCUT2D eigenvalue weighted by atomic mass is 19.1. The highest BCUT2D eigenvalue weighted by Crippen LogP contribution is 2.42. The molecular weight excluding hydrogens is 251 g/mol. The molecule has 1 N–H and O–H groups in total. The molecule has 3 unspecified atom stereocenters. The van der Waals surface area contributed by atoms with Gasteiger partial charge in [-0.1, -0.05) is 34.1 Å². The summed E-state index contributed by atoms with van der Waals surface area (Å²) in [4.78, 5) is 4.04. The van der Waals surface area contributed by atoms with Gasteiger partial charge in [-0.2, -0.15) is 0 Å². The maximum atomic E-state index is 13.5. The summed E-state index contributed by atoms with van der Waals surface area (Å²) in [5, 5.41) is 3.64. The Morgan fingerprint density at radius 1 is 1.35 bits per heavy atom. The van der Waals surface area contributed by atoms with E-state index in [0.717, 1.165) is 18.0 Å². The Labute approximate surface area is 122 Å². The Morgan fingerprint density at radius 2 is 2.10 bits per heavy atom. The van der Waals surface area contributed by atoms with Crippen LogP contribution >= 0.6 is 0 Å². The first-order valence-corrected chi connectivity index (χ1v) is 7.79. The normalized spacial score (nSPS) is 27.6. The summed E-state index contributed by atoms with van der Waals surface area (Å²) < 4.78 is 13.5. The Morgan fingerprint density at radius 3 is 2.75 bits per heavy atom. The van der Waals surface area contributed by atoms with Gasteiger partial charge in [0.2, 0.25) is 0 Å². The standard InChI is InChI=1S/C17H27FN2/c1-5-20-16-8-12(2)6-7-15(16)17(3,4)13-9-14(18)11-19-10-13/h9-12,15-16,20H,5-8H2,1-4H3. The molecule has 0 bridgehead atoms. The van der Waals surface area contributed by atoms with Crippen LogP contribution in [0, 0.1) is 17.7 Å². The second kappa shape index (κ2) is 6.21. The molecule has 2 rings (SSSR count). The lowest BCUT2D eigenvalue weighted by Crippen LogP contribution is -2.48. The van der Waals surface area contributed by atoms with E-state index in [4.69, 9.17) is 0 Å². The molecule has 1 aromatic heterocycles. The fourth-order valence-electron chi connectivity index (χ4n) is 3.71. The third kappa shape index (κ3) is 3.20. The lowest BCUT2D eigenvalue weighted by atomic mass is 9.64. The van der Waals surface area contributed by atoms with Gasteiger partial charge in [0.25, 0.3) is 0 Å². The van der Waals surface area contributed by atoms with E-state index in [-0.39, 0.29) is 11.2 Å². The van der Waals surface area contributed by atoms with Gasteiger partial charge in [0.15, 0.2) is 0 Å². The minimum Gasteiger partial charge on any atom is -0.314 e. The quantitative estimate of drug-likeness (QED) is 0.903. The van der Waals surface area contributed by atoms with E-state index < -0.39 is 0 Å². The molecule has 1 saturated carbocycles. The van der Waals surface area contributed by atoms with Crippen molar-refractivity contribution >= 4 is 0 Å². The largest absolute Gasteiger partial charge is 0.314 e. The lowest BCUT2D eigenvalue weighted by Gasteiger charge is -2.44. The van der Waals surface area contributed by atoms with Gasteiger partial charge in [-0.05, 0) is 48.3 Å². The fraction of sp³-hybridized carbons (Fsp3) is 0.706. The summed E-state index contributed by atoms with van der Waals surface area (Å²) in [5.41, 5.74) is 0.960. The van der Waals surface area contributed by atoms with Crippen LogP contribution in [0.25, 0.3) is 0 Å². The number of hydrogen-bond acceptors (Lipinski definition) is 2. The van der Waals surface area contributed by atoms with Gasteiger partial charge in [-0.15, -0.1) is 0 Å². The summed E-state index contributed by atoms with van der Waals surface area (Å²) in [6.07, 6.45) is 6.78. The van der Waals surface area contributed by atoms with Crippen LogP contribution in [0.15, 0.2) is 18.5 Å². The first-order chi connectivity index (χ1) is 9.45. The molecular formula is C17H27FN2. The maximum Gasteiger partial charge on any atom is 0.141 e. The number of nitrogens with one attached hydrogen (secondary N) is 1. The van der Waals surface area contributed by atoms with Gasteiger partial charge in [-0.3, -0.25) is 4.98 Å². The van der Waals surface area contributed by atoms with Crippen molar-refractivity contribution in [3.63, 3.8) is 0 Å². The van der Waals surface area contributed by atoms with Crippen LogP contribution in [-0.4, -0.2) is 17.6 Å². The molecule has 1 aliphatic rings. The Bertz CT molecular complexity index is 444.